The van der Waals surface area contributed by atoms with Gasteiger partial charge in [-0.25, -0.2) is 4.98 Å². The van der Waals surface area contributed by atoms with Gasteiger partial charge in [0.2, 0.25) is 11.8 Å². The fraction of sp³-hybridized carbons (Fsp3) is 0.500. The van der Waals surface area contributed by atoms with Crippen LogP contribution in [0.2, 0.25) is 0 Å². The average molecular weight is 367 g/mol. The summed E-state index contributed by atoms with van der Waals surface area (Å²) in [6, 6.07) is 6.52. The molecular weight excluding hydrogens is 342 g/mol. The molecule has 0 atom stereocenters. The van der Waals surface area contributed by atoms with E-state index in [1.165, 1.54) is 32.1 Å². The van der Waals surface area contributed by atoms with E-state index in [0.717, 1.165) is 22.5 Å². The zero-order chi connectivity index (χ0) is 18.8. The fourth-order valence-electron chi connectivity index (χ4n) is 3.98. The molecule has 1 N–H and O–H groups in total. The number of hydrogen-bond donors (Lipinski definition) is 1. The normalized spacial score (nSPS) is 15.3. The van der Waals surface area contributed by atoms with Crippen molar-refractivity contribution in [1.29, 1.82) is 0 Å². The Labute approximate surface area is 158 Å². The minimum absolute atomic E-state index is 0.0753. The number of carbonyl (C=O) groups excluding carboxylic acids is 1. The highest BCUT2D eigenvalue weighted by Gasteiger charge is 2.20. The quantitative estimate of drug-likeness (QED) is 0.733. The number of amides is 1. The summed E-state index contributed by atoms with van der Waals surface area (Å²) in [4.78, 5) is 21.1. The average Bonchev–Trinajstić information content (AvgIpc) is 3.22. The Morgan fingerprint density at radius 2 is 2.04 bits per heavy atom. The van der Waals surface area contributed by atoms with E-state index in [-0.39, 0.29) is 5.91 Å². The second-order valence-electron chi connectivity index (χ2n) is 7.31. The smallest absolute Gasteiger partial charge is 0.227 e. The van der Waals surface area contributed by atoms with E-state index in [4.69, 9.17) is 9.51 Å². The van der Waals surface area contributed by atoms with Gasteiger partial charge in [0, 0.05) is 24.6 Å². The molecule has 2 heterocycles. The minimum Gasteiger partial charge on any atom is -0.339 e. The van der Waals surface area contributed by atoms with Crippen LogP contribution in [-0.2, 0) is 11.2 Å². The summed E-state index contributed by atoms with van der Waals surface area (Å²) in [7, 11) is 0. The number of rotatable bonds is 5. The monoisotopic (exact) mass is 367 g/mol. The van der Waals surface area contributed by atoms with E-state index >= 15 is 0 Å². The molecule has 0 spiro atoms. The number of nitrogens with one attached hydrogen (secondary N) is 1. The molecule has 1 aliphatic rings. The molecule has 0 unspecified atom stereocenters. The summed E-state index contributed by atoms with van der Waals surface area (Å²) in [5.74, 6) is 2.04. The SMILES string of the molecule is Cc1noc(CCC(=O)Nc2ccc3c(c2)nc(C)n3C2CCCCC2)n1. The molecule has 27 heavy (non-hydrogen) atoms. The van der Waals surface area contributed by atoms with Gasteiger partial charge < -0.3 is 14.4 Å². The molecule has 7 nitrogen and oxygen atoms in total. The van der Waals surface area contributed by atoms with Crippen molar-refractivity contribution in [3.63, 3.8) is 0 Å². The molecule has 0 aliphatic heterocycles. The number of fused-ring (bicyclic) bond motifs is 1. The first-order valence-electron chi connectivity index (χ1n) is 9.68. The second kappa shape index (κ2) is 7.50. The molecule has 1 amide bonds. The van der Waals surface area contributed by atoms with Crippen molar-refractivity contribution in [2.24, 2.45) is 0 Å². The van der Waals surface area contributed by atoms with E-state index in [1.807, 2.05) is 12.1 Å². The van der Waals surface area contributed by atoms with Crippen molar-refractivity contribution in [3.05, 3.63) is 35.7 Å². The lowest BCUT2D eigenvalue weighted by molar-refractivity contribution is -0.116. The predicted molar refractivity (Wildman–Crippen MR) is 103 cm³/mol. The van der Waals surface area contributed by atoms with Crippen LogP contribution >= 0.6 is 0 Å². The number of carbonyl (C=O) groups is 1. The number of hydrogen-bond acceptors (Lipinski definition) is 5. The van der Waals surface area contributed by atoms with Crippen LogP contribution < -0.4 is 5.32 Å². The number of aromatic nitrogens is 4. The van der Waals surface area contributed by atoms with E-state index in [0.29, 0.717) is 30.6 Å². The van der Waals surface area contributed by atoms with E-state index in [9.17, 15) is 4.79 Å². The maximum atomic E-state index is 12.2. The first kappa shape index (κ1) is 17.7. The molecule has 3 aromatic rings. The van der Waals surface area contributed by atoms with Crippen molar-refractivity contribution in [2.45, 2.75) is 64.8 Å². The van der Waals surface area contributed by atoms with Gasteiger partial charge in [0.15, 0.2) is 5.82 Å². The zero-order valence-electron chi connectivity index (χ0n) is 15.9. The first-order chi connectivity index (χ1) is 13.1. The maximum absolute atomic E-state index is 12.2. The van der Waals surface area contributed by atoms with Crippen LogP contribution in [0.3, 0.4) is 0 Å². The van der Waals surface area contributed by atoms with Gasteiger partial charge in [0.05, 0.1) is 11.0 Å². The highest BCUT2D eigenvalue weighted by molar-refractivity contribution is 5.93. The molecule has 4 rings (SSSR count). The molecule has 0 radical (unpaired) electrons. The Balaban J connectivity index is 1.46. The van der Waals surface area contributed by atoms with Crippen LogP contribution in [-0.4, -0.2) is 25.6 Å². The molecule has 142 valence electrons. The summed E-state index contributed by atoms with van der Waals surface area (Å²) in [5, 5.41) is 6.67. The lowest BCUT2D eigenvalue weighted by Crippen LogP contribution is -2.14. The maximum Gasteiger partial charge on any atom is 0.227 e. The zero-order valence-corrected chi connectivity index (χ0v) is 15.9. The van der Waals surface area contributed by atoms with Crippen LogP contribution in [0.1, 0.15) is 62.1 Å². The summed E-state index contributed by atoms with van der Waals surface area (Å²) in [6.45, 7) is 3.83. The highest BCUT2D eigenvalue weighted by atomic mass is 16.5. The Morgan fingerprint density at radius 1 is 1.22 bits per heavy atom. The Morgan fingerprint density at radius 3 is 2.78 bits per heavy atom. The minimum atomic E-state index is -0.0753. The van der Waals surface area contributed by atoms with Crippen molar-refractivity contribution in [1.82, 2.24) is 19.7 Å². The Hall–Kier alpha value is -2.70. The van der Waals surface area contributed by atoms with Crippen molar-refractivity contribution >= 4 is 22.6 Å². The van der Waals surface area contributed by atoms with Crippen molar-refractivity contribution in [2.75, 3.05) is 5.32 Å². The molecule has 2 aromatic heterocycles. The number of nitrogens with zero attached hydrogens (tertiary/aromatic N) is 4. The summed E-state index contributed by atoms with van der Waals surface area (Å²) >= 11 is 0. The highest BCUT2D eigenvalue weighted by Crippen LogP contribution is 2.33. The first-order valence-corrected chi connectivity index (χ1v) is 9.68. The fourth-order valence-corrected chi connectivity index (χ4v) is 3.98. The number of aryl methyl sites for hydroxylation is 3. The van der Waals surface area contributed by atoms with Crippen LogP contribution in [0.15, 0.2) is 22.7 Å². The van der Waals surface area contributed by atoms with Gasteiger partial charge in [0.1, 0.15) is 5.82 Å². The van der Waals surface area contributed by atoms with Gasteiger partial charge in [0.25, 0.3) is 0 Å². The topological polar surface area (TPSA) is 85.8 Å². The van der Waals surface area contributed by atoms with Gasteiger partial charge in [-0.05, 0) is 44.9 Å². The summed E-state index contributed by atoms with van der Waals surface area (Å²) < 4.78 is 7.42. The predicted octanol–water partition coefficient (Wildman–Crippen LogP) is 4.11. The van der Waals surface area contributed by atoms with Crippen molar-refractivity contribution in [3.8, 4) is 0 Å². The summed E-state index contributed by atoms with van der Waals surface area (Å²) in [6.07, 6.45) is 7.09. The number of anilines is 1. The lowest BCUT2D eigenvalue weighted by atomic mass is 9.95. The molecule has 0 bridgehead atoms. The third-order valence-corrected chi connectivity index (χ3v) is 5.23. The lowest BCUT2D eigenvalue weighted by Gasteiger charge is -2.25. The van der Waals surface area contributed by atoms with E-state index < -0.39 is 0 Å². The van der Waals surface area contributed by atoms with Crippen LogP contribution in [0.25, 0.3) is 11.0 Å². The molecule has 1 saturated carbocycles. The Bertz CT molecular complexity index is 953. The van der Waals surface area contributed by atoms with Crippen molar-refractivity contribution < 1.29 is 9.32 Å². The molecule has 7 heteroatoms. The van der Waals surface area contributed by atoms with Crippen LogP contribution in [0.5, 0.6) is 0 Å². The number of imidazole rings is 1. The molecule has 1 fully saturated rings. The van der Waals surface area contributed by atoms with Gasteiger partial charge in [-0.3, -0.25) is 4.79 Å². The third kappa shape index (κ3) is 3.86. The number of benzene rings is 1. The molecule has 1 aliphatic carbocycles. The van der Waals surface area contributed by atoms with Crippen LogP contribution in [0.4, 0.5) is 5.69 Å². The molecule has 0 saturated heterocycles. The second-order valence-corrected chi connectivity index (χ2v) is 7.31. The summed E-state index contributed by atoms with van der Waals surface area (Å²) in [5.41, 5.74) is 2.85. The van der Waals surface area contributed by atoms with Gasteiger partial charge in [-0.1, -0.05) is 24.4 Å². The van der Waals surface area contributed by atoms with Gasteiger partial charge in [-0.15, -0.1) is 0 Å². The Kier molecular flexibility index (Phi) is 4.92. The largest absolute Gasteiger partial charge is 0.339 e. The van der Waals surface area contributed by atoms with E-state index in [1.54, 1.807) is 6.92 Å². The van der Waals surface area contributed by atoms with Gasteiger partial charge >= 0.3 is 0 Å². The molecular formula is C20H25N5O2. The molecule has 1 aromatic carbocycles. The van der Waals surface area contributed by atoms with Gasteiger partial charge in [-0.2, -0.15) is 4.98 Å². The van der Waals surface area contributed by atoms with Crippen LogP contribution in [0, 0.1) is 13.8 Å². The van der Waals surface area contributed by atoms with E-state index in [2.05, 4.69) is 33.0 Å². The third-order valence-electron chi connectivity index (χ3n) is 5.23. The standard InChI is InChI=1S/C20H25N5O2/c1-13-21-20(27-24-13)11-10-19(26)23-15-8-9-18-17(12-15)22-14(2)25(18)16-6-4-3-5-7-16/h8-9,12,16H,3-7,10-11H2,1-2H3,(H,23,26).